The molecule has 1 aromatic carbocycles. The van der Waals surface area contributed by atoms with E-state index in [2.05, 4.69) is 0 Å². The van der Waals surface area contributed by atoms with Gasteiger partial charge in [-0.1, -0.05) is 30.7 Å². The highest BCUT2D eigenvalue weighted by Crippen LogP contribution is 2.23. The van der Waals surface area contributed by atoms with Crippen LogP contribution in [-0.4, -0.2) is 12.4 Å². The van der Waals surface area contributed by atoms with Crippen molar-refractivity contribution in [1.29, 1.82) is 0 Å². The van der Waals surface area contributed by atoms with Gasteiger partial charge in [-0.25, -0.2) is 0 Å². The van der Waals surface area contributed by atoms with Crippen LogP contribution in [0.2, 0.25) is 5.02 Å². The van der Waals surface area contributed by atoms with Gasteiger partial charge in [0.2, 0.25) is 0 Å². The molecular formula is C12H15ClO2. The van der Waals surface area contributed by atoms with Crippen LogP contribution in [0.1, 0.15) is 26.2 Å². The molecule has 0 atom stereocenters. The average Bonchev–Trinajstić information content (AvgIpc) is 2.26. The predicted octanol–water partition coefficient (Wildman–Crippen LogP) is 3.48. The first kappa shape index (κ1) is 12.1. The predicted molar refractivity (Wildman–Crippen MR) is 61.5 cm³/mol. The highest BCUT2D eigenvalue weighted by molar-refractivity contribution is 6.32. The highest BCUT2D eigenvalue weighted by atomic mass is 35.5. The summed E-state index contributed by atoms with van der Waals surface area (Å²) < 4.78 is 5.45. The standard InChI is InChI=1S/C12H15ClO2/c1-2-10(14)6-5-9-15-12-8-4-3-7-11(12)13/h3-4,7-8H,2,5-6,9H2,1H3. The molecule has 3 heteroatoms. The molecule has 0 spiro atoms. The molecule has 0 saturated heterocycles. The van der Waals surface area contributed by atoms with Crippen LogP contribution in [-0.2, 0) is 4.79 Å². The zero-order chi connectivity index (χ0) is 11.1. The number of ether oxygens (including phenoxy) is 1. The zero-order valence-corrected chi connectivity index (χ0v) is 9.59. The number of rotatable bonds is 6. The average molecular weight is 227 g/mol. The van der Waals surface area contributed by atoms with E-state index >= 15 is 0 Å². The van der Waals surface area contributed by atoms with Crippen molar-refractivity contribution in [3.05, 3.63) is 29.3 Å². The van der Waals surface area contributed by atoms with Gasteiger partial charge in [0.05, 0.1) is 11.6 Å². The van der Waals surface area contributed by atoms with Gasteiger partial charge in [-0.05, 0) is 18.6 Å². The molecule has 0 bridgehead atoms. The third-order valence-electron chi connectivity index (χ3n) is 2.09. The molecule has 0 aliphatic carbocycles. The van der Waals surface area contributed by atoms with Crippen LogP contribution >= 0.6 is 11.6 Å². The summed E-state index contributed by atoms with van der Waals surface area (Å²) in [5.41, 5.74) is 0. The van der Waals surface area contributed by atoms with E-state index in [1.807, 2.05) is 25.1 Å². The number of ketones is 1. The Morgan fingerprint density at radius 3 is 2.80 bits per heavy atom. The zero-order valence-electron chi connectivity index (χ0n) is 8.83. The van der Waals surface area contributed by atoms with E-state index in [9.17, 15) is 4.79 Å². The van der Waals surface area contributed by atoms with Gasteiger partial charge in [-0.15, -0.1) is 0 Å². The molecule has 15 heavy (non-hydrogen) atoms. The second-order valence-corrected chi connectivity index (χ2v) is 3.68. The van der Waals surface area contributed by atoms with E-state index in [0.29, 0.717) is 30.2 Å². The fraction of sp³-hybridized carbons (Fsp3) is 0.417. The third-order valence-corrected chi connectivity index (χ3v) is 2.40. The first-order chi connectivity index (χ1) is 7.24. The maximum absolute atomic E-state index is 11.0. The highest BCUT2D eigenvalue weighted by Gasteiger charge is 2.01. The van der Waals surface area contributed by atoms with Crippen LogP contribution < -0.4 is 4.74 Å². The smallest absolute Gasteiger partial charge is 0.137 e. The van der Waals surface area contributed by atoms with Crippen molar-refractivity contribution in [2.24, 2.45) is 0 Å². The van der Waals surface area contributed by atoms with Gasteiger partial charge in [0.25, 0.3) is 0 Å². The number of carbonyl (C=O) groups excluding carboxylic acids is 1. The summed E-state index contributed by atoms with van der Waals surface area (Å²) in [6.45, 7) is 2.41. The number of para-hydroxylation sites is 1. The molecule has 0 heterocycles. The van der Waals surface area contributed by atoms with E-state index in [1.54, 1.807) is 6.07 Å². The number of hydrogen-bond acceptors (Lipinski definition) is 2. The lowest BCUT2D eigenvalue weighted by atomic mass is 10.2. The van der Waals surface area contributed by atoms with E-state index in [1.165, 1.54) is 0 Å². The third kappa shape index (κ3) is 4.34. The Hall–Kier alpha value is -1.02. The molecule has 1 rings (SSSR count). The van der Waals surface area contributed by atoms with Crippen molar-refractivity contribution in [2.75, 3.05) is 6.61 Å². The molecule has 82 valence electrons. The molecular weight excluding hydrogens is 212 g/mol. The first-order valence-corrected chi connectivity index (χ1v) is 5.51. The normalized spacial score (nSPS) is 10.0. The summed E-state index contributed by atoms with van der Waals surface area (Å²) in [5.74, 6) is 0.959. The molecule has 0 N–H and O–H groups in total. The van der Waals surface area contributed by atoms with Crippen LogP contribution in [0, 0.1) is 0 Å². The number of carbonyl (C=O) groups is 1. The maximum Gasteiger partial charge on any atom is 0.137 e. The van der Waals surface area contributed by atoms with Crippen molar-refractivity contribution >= 4 is 17.4 Å². The number of hydrogen-bond donors (Lipinski definition) is 0. The Morgan fingerprint density at radius 2 is 2.13 bits per heavy atom. The van der Waals surface area contributed by atoms with E-state index in [0.717, 1.165) is 6.42 Å². The molecule has 0 fully saturated rings. The quantitative estimate of drug-likeness (QED) is 0.695. The summed E-state index contributed by atoms with van der Waals surface area (Å²) in [5, 5.41) is 0.610. The monoisotopic (exact) mass is 226 g/mol. The van der Waals surface area contributed by atoms with E-state index in [4.69, 9.17) is 16.3 Å². The number of benzene rings is 1. The van der Waals surface area contributed by atoms with Crippen molar-refractivity contribution in [3.63, 3.8) is 0 Å². The minimum absolute atomic E-state index is 0.276. The lowest BCUT2D eigenvalue weighted by Gasteiger charge is -2.06. The fourth-order valence-electron chi connectivity index (χ4n) is 1.19. The van der Waals surface area contributed by atoms with Crippen LogP contribution in [0.5, 0.6) is 5.75 Å². The fourth-order valence-corrected chi connectivity index (χ4v) is 1.38. The van der Waals surface area contributed by atoms with Crippen LogP contribution in [0.15, 0.2) is 24.3 Å². The summed E-state index contributed by atoms with van der Waals surface area (Å²) in [7, 11) is 0. The van der Waals surface area contributed by atoms with Gasteiger partial charge >= 0.3 is 0 Å². The summed E-state index contributed by atoms with van der Waals surface area (Å²) in [6.07, 6.45) is 1.94. The second kappa shape index (κ2) is 6.46. The van der Waals surface area contributed by atoms with Crippen LogP contribution in [0.25, 0.3) is 0 Å². The topological polar surface area (TPSA) is 26.3 Å². The summed E-state index contributed by atoms with van der Waals surface area (Å²) in [6, 6.07) is 7.34. The molecule has 1 aromatic rings. The largest absolute Gasteiger partial charge is 0.492 e. The van der Waals surface area contributed by atoms with Gasteiger partial charge in [-0.2, -0.15) is 0 Å². The van der Waals surface area contributed by atoms with Crippen LogP contribution in [0.4, 0.5) is 0 Å². The lowest BCUT2D eigenvalue weighted by molar-refractivity contribution is -0.118. The SMILES string of the molecule is CCC(=O)CCCOc1ccccc1Cl. The molecule has 2 nitrogen and oxygen atoms in total. The molecule has 0 aliphatic rings. The summed E-state index contributed by atoms with van der Waals surface area (Å²) in [4.78, 5) is 11.0. The Kier molecular flexibility index (Phi) is 5.19. The maximum atomic E-state index is 11.0. The van der Waals surface area contributed by atoms with Crippen molar-refractivity contribution < 1.29 is 9.53 Å². The minimum Gasteiger partial charge on any atom is -0.492 e. The second-order valence-electron chi connectivity index (χ2n) is 3.27. The van der Waals surface area contributed by atoms with E-state index in [-0.39, 0.29) is 5.78 Å². The lowest BCUT2D eigenvalue weighted by Crippen LogP contribution is -2.02. The minimum atomic E-state index is 0.276. The van der Waals surface area contributed by atoms with Gasteiger partial charge in [0.15, 0.2) is 0 Å². The molecule has 0 aliphatic heterocycles. The molecule has 0 saturated carbocycles. The van der Waals surface area contributed by atoms with Gasteiger partial charge < -0.3 is 4.74 Å². The van der Waals surface area contributed by atoms with Gasteiger partial charge in [0, 0.05) is 12.8 Å². The molecule has 0 amide bonds. The number of halogens is 1. The van der Waals surface area contributed by atoms with Crippen molar-refractivity contribution in [3.8, 4) is 5.75 Å². The number of Topliss-reactive ketones (excluding diaryl/α,β-unsaturated/α-hetero) is 1. The van der Waals surface area contributed by atoms with Crippen LogP contribution in [0.3, 0.4) is 0 Å². The Labute approximate surface area is 95.2 Å². The molecule has 0 aromatic heterocycles. The van der Waals surface area contributed by atoms with Crippen molar-refractivity contribution in [2.45, 2.75) is 26.2 Å². The Balaban J connectivity index is 2.26. The summed E-state index contributed by atoms with van der Waals surface area (Å²) >= 11 is 5.90. The van der Waals surface area contributed by atoms with E-state index < -0.39 is 0 Å². The first-order valence-electron chi connectivity index (χ1n) is 5.13. The van der Waals surface area contributed by atoms with Gasteiger partial charge in [-0.3, -0.25) is 4.79 Å². The Morgan fingerprint density at radius 1 is 1.40 bits per heavy atom. The Bertz CT molecular complexity index is 323. The molecule has 0 unspecified atom stereocenters. The van der Waals surface area contributed by atoms with Gasteiger partial charge in [0.1, 0.15) is 11.5 Å². The van der Waals surface area contributed by atoms with Crippen molar-refractivity contribution in [1.82, 2.24) is 0 Å². The molecule has 0 radical (unpaired) electrons.